The molecule has 0 spiro atoms. The molecule has 2 heterocycles. The first-order valence-electron chi connectivity index (χ1n) is 6.31. The minimum absolute atomic E-state index is 0.0201. The fraction of sp³-hybridized carbons (Fsp3) is 0.231. The zero-order valence-corrected chi connectivity index (χ0v) is 11.5. The number of anilines is 1. The zero-order valence-electron chi connectivity index (χ0n) is 11.5. The first-order chi connectivity index (χ1) is 10.0. The molecule has 0 unspecified atom stereocenters. The first-order valence-corrected chi connectivity index (χ1v) is 6.31. The average molecular weight is 287 g/mol. The van der Waals surface area contributed by atoms with Crippen LogP contribution in [0.2, 0.25) is 0 Å². The van der Waals surface area contributed by atoms with E-state index < -0.39 is 4.92 Å². The van der Waals surface area contributed by atoms with Gasteiger partial charge >= 0.3 is 0 Å². The lowest BCUT2D eigenvalue weighted by Gasteiger charge is -2.00. The van der Waals surface area contributed by atoms with Crippen molar-refractivity contribution < 1.29 is 9.34 Å². The van der Waals surface area contributed by atoms with E-state index in [9.17, 15) is 10.1 Å². The normalized spacial score (nSPS) is 11.0. The third-order valence-corrected chi connectivity index (χ3v) is 3.35. The Hall–Kier alpha value is -2.90. The SMILES string of the molecule is Cc1c(CNc2nc3ccc([N+](=O)[O-])cc3o2)cnn1C. The Morgan fingerprint density at radius 2 is 2.29 bits per heavy atom. The Morgan fingerprint density at radius 3 is 2.95 bits per heavy atom. The molecule has 108 valence electrons. The topological polar surface area (TPSA) is 99.0 Å². The van der Waals surface area contributed by atoms with E-state index in [2.05, 4.69) is 15.4 Å². The maximum atomic E-state index is 10.7. The predicted octanol–water partition coefficient (Wildman–Crippen LogP) is 2.39. The van der Waals surface area contributed by atoms with Gasteiger partial charge in [0.2, 0.25) is 0 Å². The summed E-state index contributed by atoms with van der Waals surface area (Å²) in [4.78, 5) is 14.5. The van der Waals surface area contributed by atoms with E-state index in [1.165, 1.54) is 12.1 Å². The standard InChI is InChI=1S/C13H13N5O3/c1-8-9(7-15-17(8)2)6-14-13-16-11-4-3-10(18(19)20)5-12(11)21-13/h3-5,7H,6H2,1-2H3,(H,14,16). The molecule has 21 heavy (non-hydrogen) atoms. The molecule has 2 aromatic heterocycles. The molecule has 3 rings (SSSR count). The zero-order chi connectivity index (χ0) is 15.0. The number of nitrogens with zero attached hydrogens (tertiary/aromatic N) is 4. The Morgan fingerprint density at radius 1 is 1.48 bits per heavy atom. The monoisotopic (exact) mass is 287 g/mol. The number of non-ortho nitro benzene ring substituents is 1. The van der Waals surface area contributed by atoms with E-state index in [0.717, 1.165) is 11.3 Å². The predicted molar refractivity (Wildman–Crippen MR) is 75.9 cm³/mol. The number of aromatic nitrogens is 3. The lowest BCUT2D eigenvalue weighted by molar-refractivity contribution is -0.384. The lowest BCUT2D eigenvalue weighted by atomic mass is 10.2. The van der Waals surface area contributed by atoms with Crippen molar-refractivity contribution in [3.63, 3.8) is 0 Å². The Labute approximate surface area is 119 Å². The highest BCUT2D eigenvalue weighted by molar-refractivity contribution is 5.77. The van der Waals surface area contributed by atoms with Crippen molar-refractivity contribution in [1.82, 2.24) is 14.8 Å². The van der Waals surface area contributed by atoms with Crippen molar-refractivity contribution in [2.24, 2.45) is 7.05 Å². The van der Waals surface area contributed by atoms with Crippen LogP contribution < -0.4 is 5.32 Å². The summed E-state index contributed by atoms with van der Waals surface area (Å²) in [7, 11) is 1.87. The maximum Gasteiger partial charge on any atom is 0.295 e. The fourth-order valence-corrected chi connectivity index (χ4v) is 1.99. The van der Waals surface area contributed by atoms with Crippen LogP contribution in [0.1, 0.15) is 11.3 Å². The van der Waals surface area contributed by atoms with Crippen LogP contribution in [0.15, 0.2) is 28.8 Å². The highest BCUT2D eigenvalue weighted by Gasteiger charge is 2.12. The van der Waals surface area contributed by atoms with Crippen molar-refractivity contribution in [2.45, 2.75) is 13.5 Å². The van der Waals surface area contributed by atoms with Gasteiger partial charge in [0.05, 0.1) is 17.2 Å². The van der Waals surface area contributed by atoms with E-state index >= 15 is 0 Å². The second-order valence-corrected chi connectivity index (χ2v) is 4.66. The van der Waals surface area contributed by atoms with Crippen molar-refractivity contribution in [3.8, 4) is 0 Å². The molecule has 0 radical (unpaired) electrons. The second kappa shape index (κ2) is 4.89. The third kappa shape index (κ3) is 2.42. The molecule has 8 heteroatoms. The molecule has 0 saturated heterocycles. The van der Waals surface area contributed by atoms with Gasteiger partial charge in [-0.05, 0) is 13.0 Å². The quantitative estimate of drug-likeness (QED) is 0.584. The summed E-state index contributed by atoms with van der Waals surface area (Å²) in [6.07, 6.45) is 1.77. The van der Waals surface area contributed by atoms with Crippen LogP contribution in [-0.4, -0.2) is 19.7 Å². The van der Waals surface area contributed by atoms with Crippen LogP contribution in [0, 0.1) is 17.0 Å². The Kier molecular flexibility index (Phi) is 3.05. The van der Waals surface area contributed by atoms with Gasteiger partial charge in [0.1, 0.15) is 5.52 Å². The first kappa shape index (κ1) is 13.1. The van der Waals surface area contributed by atoms with Gasteiger partial charge in [0, 0.05) is 30.9 Å². The highest BCUT2D eigenvalue weighted by atomic mass is 16.6. The highest BCUT2D eigenvalue weighted by Crippen LogP contribution is 2.24. The molecule has 8 nitrogen and oxygen atoms in total. The van der Waals surface area contributed by atoms with E-state index in [0.29, 0.717) is 23.7 Å². The molecular formula is C13H13N5O3. The number of oxazole rings is 1. The van der Waals surface area contributed by atoms with Crippen molar-refractivity contribution in [2.75, 3.05) is 5.32 Å². The summed E-state index contributed by atoms with van der Waals surface area (Å²) in [5.74, 6) is 0. The largest absolute Gasteiger partial charge is 0.423 e. The minimum atomic E-state index is -0.464. The molecule has 0 aliphatic heterocycles. The number of nitrogens with one attached hydrogen (secondary N) is 1. The number of nitro benzene ring substituents is 1. The number of nitro groups is 1. The summed E-state index contributed by atoms with van der Waals surface area (Å²) < 4.78 is 7.26. The summed E-state index contributed by atoms with van der Waals surface area (Å²) in [5.41, 5.74) is 3.02. The van der Waals surface area contributed by atoms with E-state index in [1.54, 1.807) is 16.9 Å². The second-order valence-electron chi connectivity index (χ2n) is 4.66. The molecule has 0 aliphatic rings. The summed E-state index contributed by atoms with van der Waals surface area (Å²) in [6, 6.07) is 4.66. The molecule has 1 N–H and O–H groups in total. The average Bonchev–Trinajstić information content (AvgIpc) is 3.00. The number of fused-ring (bicyclic) bond motifs is 1. The molecule has 0 saturated carbocycles. The van der Waals surface area contributed by atoms with Crippen LogP contribution >= 0.6 is 0 Å². The molecular weight excluding hydrogens is 274 g/mol. The van der Waals surface area contributed by atoms with Crippen molar-refractivity contribution in [1.29, 1.82) is 0 Å². The number of aryl methyl sites for hydroxylation is 1. The molecule has 0 fully saturated rings. The molecule has 0 aliphatic carbocycles. The van der Waals surface area contributed by atoms with Crippen LogP contribution in [0.5, 0.6) is 0 Å². The van der Waals surface area contributed by atoms with Crippen LogP contribution in [-0.2, 0) is 13.6 Å². The fourth-order valence-electron chi connectivity index (χ4n) is 1.99. The van der Waals surface area contributed by atoms with E-state index in [4.69, 9.17) is 4.42 Å². The van der Waals surface area contributed by atoms with Crippen LogP contribution in [0.25, 0.3) is 11.1 Å². The van der Waals surface area contributed by atoms with Crippen LogP contribution in [0.4, 0.5) is 11.7 Å². The number of hydrogen-bond donors (Lipinski definition) is 1. The Bertz CT molecular complexity index is 820. The van der Waals surface area contributed by atoms with Gasteiger partial charge < -0.3 is 9.73 Å². The van der Waals surface area contributed by atoms with Crippen molar-refractivity contribution in [3.05, 3.63) is 45.8 Å². The minimum Gasteiger partial charge on any atom is -0.423 e. The Balaban J connectivity index is 1.81. The lowest BCUT2D eigenvalue weighted by Crippen LogP contribution is -2.01. The molecule has 0 atom stereocenters. The van der Waals surface area contributed by atoms with Gasteiger partial charge in [0.25, 0.3) is 11.7 Å². The van der Waals surface area contributed by atoms with E-state index in [-0.39, 0.29) is 5.69 Å². The summed E-state index contributed by atoms with van der Waals surface area (Å²) in [5, 5.41) is 17.9. The molecule has 3 aromatic rings. The molecule has 0 bridgehead atoms. The maximum absolute atomic E-state index is 10.7. The third-order valence-electron chi connectivity index (χ3n) is 3.35. The summed E-state index contributed by atoms with van der Waals surface area (Å²) in [6.45, 7) is 2.49. The molecule has 0 amide bonds. The van der Waals surface area contributed by atoms with Gasteiger partial charge in [-0.2, -0.15) is 10.1 Å². The van der Waals surface area contributed by atoms with E-state index in [1.807, 2.05) is 14.0 Å². The smallest absolute Gasteiger partial charge is 0.295 e. The van der Waals surface area contributed by atoms with Gasteiger partial charge in [-0.25, -0.2) is 0 Å². The van der Waals surface area contributed by atoms with Gasteiger partial charge in [-0.3, -0.25) is 14.8 Å². The van der Waals surface area contributed by atoms with Gasteiger partial charge in [-0.1, -0.05) is 0 Å². The number of hydrogen-bond acceptors (Lipinski definition) is 6. The van der Waals surface area contributed by atoms with Crippen LogP contribution in [0.3, 0.4) is 0 Å². The van der Waals surface area contributed by atoms with Crippen molar-refractivity contribution >= 4 is 22.8 Å². The number of benzene rings is 1. The molecule has 1 aromatic carbocycles. The van der Waals surface area contributed by atoms with Gasteiger partial charge in [0.15, 0.2) is 5.58 Å². The van der Waals surface area contributed by atoms with Gasteiger partial charge in [-0.15, -0.1) is 0 Å². The summed E-state index contributed by atoms with van der Waals surface area (Å²) >= 11 is 0. The number of rotatable bonds is 4.